The van der Waals surface area contributed by atoms with Gasteiger partial charge in [-0.2, -0.15) is 0 Å². The Hall–Kier alpha value is -0.550. The van der Waals surface area contributed by atoms with Gasteiger partial charge in [0, 0.05) is 0 Å². The summed E-state index contributed by atoms with van der Waals surface area (Å²) in [6.07, 6.45) is 0. The third kappa shape index (κ3) is 0.971. The van der Waals surface area contributed by atoms with Crippen LogP contribution >= 0.6 is 0 Å². The van der Waals surface area contributed by atoms with E-state index in [-0.39, 0.29) is 7.43 Å². The van der Waals surface area contributed by atoms with E-state index in [9.17, 15) is 0 Å². The SMILES string of the molecule is C.C=[N+]=C. The molecular formula is C3H8N+. The van der Waals surface area contributed by atoms with E-state index in [4.69, 9.17) is 0 Å². The lowest BCUT2D eigenvalue weighted by Gasteiger charge is -0.947. The van der Waals surface area contributed by atoms with Crippen molar-refractivity contribution in [1.29, 1.82) is 0 Å². The molecule has 1 heteroatoms. The lowest BCUT2D eigenvalue weighted by molar-refractivity contribution is 1.82. The second-order valence-electron chi connectivity index (χ2n) is 0.224. The number of rotatable bonds is 0. The van der Waals surface area contributed by atoms with E-state index >= 15 is 0 Å². The maximum Gasteiger partial charge on any atom is 0.256 e. The van der Waals surface area contributed by atoms with Crippen molar-refractivity contribution < 1.29 is 0 Å². The summed E-state index contributed by atoms with van der Waals surface area (Å²) in [7, 11) is 0. The highest BCUT2D eigenvalue weighted by molar-refractivity contribution is 5.32. The van der Waals surface area contributed by atoms with Crippen LogP contribution in [0.25, 0.3) is 0 Å². The maximum absolute atomic E-state index is 3.00. The predicted molar refractivity (Wildman–Crippen MR) is 23.1 cm³/mol. The first kappa shape index (κ1) is 9.85. The van der Waals surface area contributed by atoms with Gasteiger partial charge in [0.2, 0.25) is 0 Å². The maximum atomic E-state index is 3.00. The molecule has 0 aromatic heterocycles. The zero-order valence-electron chi connectivity index (χ0n) is 1.86. The fourth-order valence-corrected chi connectivity index (χ4v) is 0. The van der Waals surface area contributed by atoms with Crippen LogP contribution in [0.2, 0.25) is 0 Å². The second-order valence-corrected chi connectivity index (χ2v) is 0.224. The molecule has 0 N–H and O–H groups in total. The third-order valence-corrected chi connectivity index (χ3v) is 0. The summed E-state index contributed by atoms with van der Waals surface area (Å²) >= 11 is 0. The summed E-state index contributed by atoms with van der Waals surface area (Å²) in [6, 6.07) is 0. The standard InChI is InChI=1S/C2H4N.CH4/c1-3-2;/h1-2H2;1H4/q+1;. The number of hydrogen-bond donors (Lipinski definition) is 0. The first-order valence-corrected chi connectivity index (χ1v) is 0.632. The van der Waals surface area contributed by atoms with Crippen molar-refractivity contribution in [3.05, 3.63) is 0 Å². The Morgan fingerprint density at radius 2 is 1.25 bits per heavy atom. The minimum absolute atomic E-state index is 0. The monoisotopic (exact) mass is 58.1 g/mol. The highest BCUT2D eigenvalue weighted by Crippen LogP contribution is 0.626. The molecule has 0 aliphatic carbocycles. The van der Waals surface area contributed by atoms with Gasteiger partial charge in [-0.05, 0) is 0 Å². The largest absolute Gasteiger partial charge is 0.256 e. The number of hydrogen-bond acceptors (Lipinski definition) is 0. The van der Waals surface area contributed by atoms with Crippen LogP contribution in [0.1, 0.15) is 7.43 Å². The normalized spacial score (nSPS) is 2.00. The van der Waals surface area contributed by atoms with Crippen LogP contribution in [0.3, 0.4) is 0 Å². The van der Waals surface area contributed by atoms with Crippen LogP contribution in [-0.2, 0) is 0 Å². The molecule has 0 heterocycles. The molecule has 0 rings (SSSR count). The fourth-order valence-electron chi connectivity index (χ4n) is 0. The molecular weight excluding hydrogens is 50.0 g/mol. The van der Waals surface area contributed by atoms with Gasteiger partial charge in [-0.3, -0.25) is 0 Å². The van der Waals surface area contributed by atoms with Gasteiger partial charge < -0.3 is 0 Å². The molecule has 0 aromatic rings. The van der Waals surface area contributed by atoms with E-state index in [1.165, 1.54) is 0 Å². The quantitative estimate of drug-likeness (QED) is 0.277. The van der Waals surface area contributed by atoms with Gasteiger partial charge in [0.25, 0.3) is 13.4 Å². The Labute approximate surface area is 26.7 Å². The van der Waals surface area contributed by atoms with E-state index in [0.717, 1.165) is 0 Å². The van der Waals surface area contributed by atoms with Crippen molar-refractivity contribution in [2.75, 3.05) is 0 Å². The van der Waals surface area contributed by atoms with E-state index < -0.39 is 0 Å². The van der Waals surface area contributed by atoms with Crippen molar-refractivity contribution in [3.8, 4) is 0 Å². The van der Waals surface area contributed by atoms with Crippen LogP contribution in [0.15, 0.2) is 0 Å². The Morgan fingerprint density at radius 1 is 1.25 bits per heavy atom. The molecule has 0 amide bonds. The molecule has 0 aromatic carbocycles. The lowest BCUT2D eigenvalue weighted by atomic mass is 11.6. The molecule has 0 fully saturated rings. The van der Waals surface area contributed by atoms with E-state index in [0.29, 0.717) is 0 Å². The summed E-state index contributed by atoms with van der Waals surface area (Å²) in [4.78, 5) is 0. The molecule has 0 aliphatic rings. The van der Waals surface area contributed by atoms with E-state index in [2.05, 4.69) is 18.1 Å². The highest BCUT2D eigenvalue weighted by Gasteiger charge is 1.09. The van der Waals surface area contributed by atoms with Gasteiger partial charge in [0.1, 0.15) is 0 Å². The summed E-state index contributed by atoms with van der Waals surface area (Å²) in [6.45, 7) is 6.00. The summed E-state index contributed by atoms with van der Waals surface area (Å²) in [5.74, 6) is 0. The third-order valence-electron chi connectivity index (χ3n) is 0. The number of nitrogens with zero attached hydrogens (tertiary/aromatic N) is 1. The van der Waals surface area contributed by atoms with Crippen molar-refractivity contribution in [2.24, 2.45) is 0 Å². The van der Waals surface area contributed by atoms with Crippen LogP contribution < -0.4 is 4.67 Å². The predicted octanol–water partition coefficient (Wildman–Crippen LogP) is 0.0909. The van der Waals surface area contributed by atoms with E-state index in [1.54, 1.807) is 0 Å². The Morgan fingerprint density at radius 3 is 1.25 bits per heavy atom. The minimum Gasteiger partial charge on any atom is -0.117 e. The summed E-state index contributed by atoms with van der Waals surface area (Å²) < 4.78 is 3.00. The molecule has 0 atom stereocenters. The zero-order valence-corrected chi connectivity index (χ0v) is 1.86. The average Bonchev–Trinajstić information content (AvgIpc) is 0.918. The first-order chi connectivity index (χ1) is 1.41. The van der Waals surface area contributed by atoms with Crippen molar-refractivity contribution >= 4 is 13.4 Å². The Balaban J connectivity index is 0. The zero-order chi connectivity index (χ0) is 2.71. The molecule has 24 valence electrons. The minimum atomic E-state index is 0. The molecule has 0 unspecified atom stereocenters. The van der Waals surface area contributed by atoms with Gasteiger partial charge in [-0.25, -0.2) is 0 Å². The van der Waals surface area contributed by atoms with Gasteiger partial charge in [0.05, 0.1) is 0 Å². The summed E-state index contributed by atoms with van der Waals surface area (Å²) in [5.41, 5.74) is 0. The van der Waals surface area contributed by atoms with Gasteiger partial charge in [-0.1, -0.05) is 7.43 Å². The molecule has 1 nitrogen and oxygen atoms in total. The van der Waals surface area contributed by atoms with Crippen LogP contribution in [-0.4, -0.2) is 13.4 Å². The summed E-state index contributed by atoms with van der Waals surface area (Å²) in [5, 5.41) is 0. The molecule has 0 radical (unpaired) electrons. The molecule has 0 spiro atoms. The topological polar surface area (TPSA) is 14.1 Å². The van der Waals surface area contributed by atoms with Crippen LogP contribution in [0.4, 0.5) is 0 Å². The molecule has 0 saturated carbocycles. The van der Waals surface area contributed by atoms with Crippen molar-refractivity contribution in [2.45, 2.75) is 7.43 Å². The fraction of sp³-hybridized carbons (Fsp3) is 0.333. The highest BCUT2D eigenvalue weighted by atomic mass is 14.4. The smallest absolute Gasteiger partial charge is 0.117 e. The Bertz CT molecular complexity index is 24.3. The molecule has 4 heavy (non-hydrogen) atoms. The van der Waals surface area contributed by atoms with E-state index in [1.807, 2.05) is 0 Å². The van der Waals surface area contributed by atoms with Gasteiger partial charge >= 0.3 is 0 Å². The second kappa shape index (κ2) is 25.4. The molecule has 0 saturated heterocycles. The average molecular weight is 58.1 g/mol. The van der Waals surface area contributed by atoms with Crippen LogP contribution in [0, 0.1) is 0 Å². The van der Waals surface area contributed by atoms with Crippen LogP contribution in [0.5, 0.6) is 0 Å². The Kier molecular flexibility index (Phi) is 62.6. The van der Waals surface area contributed by atoms with Crippen molar-refractivity contribution in [1.82, 2.24) is 4.67 Å². The van der Waals surface area contributed by atoms with Gasteiger partial charge in [0.15, 0.2) is 0 Å². The molecule has 0 bridgehead atoms. The molecule has 0 aliphatic heterocycles. The van der Waals surface area contributed by atoms with Crippen molar-refractivity contribution in [3.63, 3.8) is 0 Å². The first-order valence-electron chi connectivity index (χ1n) is 0.632. The lowest BCUT2D eigenvalue weighted by Crippen LogP contribution is -1.38. The van der Waals surface area contributed by atoms with Gasteiger partial charge in [-0.15, -0.1) is 4.67 Å².